The molecule has 1 unspecified atom stereocenters. The summed E-state index contributed by atoms with van der Waals surface area (Å²) in [6, 6.07) is 8.51. The van der Waals surface area contributed by atoms with Crippen LogP contribution in [0.1, 0.15) is 18.9 Å². The van der Waals surface area contributed by atoms with Gasteiger partial charge in [-0.15, -0.1) is 11.8 Å². The zero-order valence-electron chi connectivity index (χ0n) is 11.4. The van der Waals surface area contributed by atoms with E-state index in [4.69, 9.17) is 9.84 Å². The highest BCUT2D eigenvalue weighted by atomic mass is 32.2. The van der Waals surface area contributed by atoms with Crippen molar-refractivity contribution in [3.63, 3.8) is 0 Å². The second-order valence-corrected chi connectivity index (χ2v) is 5.55. The van der Waals surface area contributed by atoms with Gasteiger partial charge in [0.05, 0.1) is 6.61 Å². The minimum absolute atomic E-state index is 0.165. The average Bonchev–Trinajstić information content (AvgIpc) is 2.38. The Morgan fingerprint density at radius 1 is 1.33 bits per heavy atom. The Kier molecular flexibility index (Phi) is 6.71. The smallest absolute Gasteiger partial charge is 0.0642 e. The summed E-state index contributed by atoms with van der Waals surface area (Å²) in [5.41, 5.74) is 1.06. The Balaban J connectivity index is 2.55. The predicted octanol–water partition coefficient (Wildman–Crippen LogP) is 2.29. The number of ether oxygens (including phenoxy) is 1. The van der Waals surface area contributed by atoms with Crippen LogP contribution in [0.25, 0.3) is 0 Å². The van der Waals surface area contributed by atoms with Gasteiger partial charge >= 0.3 is 0 Å². The molecular weight excluding hydrogens is 246 g/mol. The molecule has 0 aliphatic heterocycles. The number of thioether (sulfide) groups is 1. The standard InChI is InChI=1S/C14H23NO2S/c1-14(8-9-16,11-17-2)15-10-12-4-6-13(18-3)7-5-12/h4-7,15-16H,8-11H2,1-3H3. The van der Waals surface area contributed by atoms with Gasteiger partial charge in [0.15, 0.2) is 0 Å². The molecule has 102 valence electrons. The van der Waals surface area contributed by atoms with E-state index in [0.717, 1.165) is 6.54 Å². The highest BCUT2D eigenvalue weighted by Gasteiger charge is 2.22. The summed E-state index contributed by atoms with van der Waals surface area (Å²) >= 11 is 1.74. The molecule has 0 aromatic heterocycles. The van der Waals surface area contributed by atoms with Crippen LogP contribution in [0.15, 0.2) is 29.2 Å². The molecule has 0 bridgehead atoms. The maximum Gasteiger partial charge on any atom is 0.0642 e. The lowest BCUT2D eigenvalue weighted by molar-refractivity contribution is 0.0969. The fourth-order valence-electron chi connectivity index (χ4n) is 1.84. The molecule has 4 heteroatoms. The topological polar surface area (TPSA) is 41.5 Å². The molecule has 1 aromatic rings. The van der Waals surface area contributed by atoms with E-state index in [1.165, 1.54) is 10.5 Å². The van der Waals surface area contributed by atoms with Gasteiger partial charge in [-0.2, -0.15) is 0 Å². The lowest BCUT2D eigenvalue weighted by Crippen LogP contribution is -2.46. The predicted molar refractivity (Wildman–Crippen MR) is 77.0 cm³/mol. The zero-order chi connectivity index (χ0) is 13.4. The van der Waals surface area contributed by atoms with Crippen molar-refractivity contribution >= 4 is 11.8 Å². The molecule has 0 fully saturated rings. The monoisotopic (exact) mass is 269 g/mol. The van der Waals surface area contributed by atoms with Crippen LogP contribution in [0.2, 0.25) is 0 Å². The number of benzene rings is 1. The molecule has 18 heavy (non-hydrogen) atoms. The zero-order valence-corrected chi connectivity index (χ0v) is 12.2. The van der Waals surface area contributed by atoms with E-state index in [1.807, 2.05) is 0 Å². The van der Waals surface area contributed by atoms with E-state index >= 15 is 0 Å². The van der Waals surface area contributed by atoms with Crippen LogP contribution in [-0.2, 0) is 11.3 Å². The van der Waals surface area contributed by atoms with Gasteiger partial charge in [-0.05, 0) is 37.3 Å². The number of nitrogens with one attached hydrogen (secondary N) is 1. The normalized spacial score (nSPS) is 14.4. The van der Waals surface area contributed by atoms with Crippen molar-refractivity contribution in [3.8, 4) is 0 Å². The van der Waals surface area contributed by atoms with Gasteiger partial charge in [0.2, 0.25) is 0 Å². The van der Waals surface area contributed by atoms with E-state index in [-0.39, 0.29) is 12.1 Å². The van der Waals surface area contributed by atoms with E-state index in [0.29, 0.717) is 13.0 Å². The maximum absolute atomic E-state index is 9.10. The third kappa shape index (κ3) is 4.98. The summed E-state index contributed by atoms with van der Waals surface area (Å²) in [4.78, 5) is 1.27. The Labute approximate surface area is 114 Å². The summed E-state index contributed by atoms with van der Waals surface area (Å²) in [7, 11) is 1.69. The molecule has 0 saturated carbocycles. The first-order chi connectivity index (χ1) is 8.63. The Morgan fingerprint density at radius 3 is 2.50 bits per heavy atom. The molecular formula is C14H23NO2S. The molecule has 0 heterocycles. The van der Waals surface area contributed by atoms with Crippen molar-refractivity contribution < 1.29 is 9.84 Å². The Bertz CT molecular complexity index is 334. The fourth-order valence-corrected chi connectivity index (χ4v) is 2.24. The minimum Gasteiger partial charge on any atom is -0.396 e. The first kappa shape index (κ1) is 15.5. The lowest BCUT2D eigenvalue weighted by atomic mass is 9.99. The molecule has 1 aromatic carbocycles. The summed E-state index contributed by atoms with van der Waals surface area (Å²) < 4.78 is 5.21. The molecule has 2 N–H and O–H groups in total. The SMILES string of the molecule is COCC(C)(CCO)NCc1ccc(SC)cc1. The number of hydrogen-bond donors (Lipinski definition) is 2. The maximum atomic E-state index is 9.10. The van der Waals surface area contributed by atoms with Crippen molar-refractivity contribution in [3.05, 3.63) is 29.8 Å². The molecule has 0 radical (unpaired) electrons. The Morgan fingerprint density at radius 2 is 2.00 bits per heavy atom. The molecule has 0 saturated heterocycles. The molecule has 0 amide bonds. The summed E-state index contributed by atoms with van der Waals surface area (Å²) in [6.07, 6.45) is 2.76. The molecule has 1 rings (SSSR count). The van der Waals surface area contributed by atoms with Crippen molar-refractivity contribution in [2.75, 3.05) is 26.6 Å². The first-order valence-corrected chi connectivity index (χ1v) is 7.34. The number of hydrogen-bond acceptors (Lipinski definition) is 4. The second kappa shape index (κ2) is 7.79. The third-order valence-corrected chi connectivity index (χ3v) is 3.75. The van der Waals surface area contributed by atoms with Gasteiger partial charge in [-0.1, -0.05) is 12.1 Å². The third-order valence-electron chi connectivity index (χ3n) is 3.00. The van der Waals surface area contributed by atoms with E-state index in [9.17, 15) is 0 Å². The second-order valence-electron chi connectivity index (χ2n) is 4.67. The quantitative estimate of drug-likeness (QED) is 0.711. The fraction of sp³-hybridized carbons (Fsp3) is 0.571. The van der Waals surface area contributed by atoms with Crippen LogP contribution in [0, 0.1) is 0 Å². The van der Waals surface area contributed by atoms with Crippen LogP contribution >= 0.6 is 11.8 Å². The number of aliphatic hydroxyl groups is 1. The number of aliphatic hydroxyl groups excluding tert-OH is 1. The van der Waals surface area contributed by atoms with Gasteiger partial charge in [-0.3, -0.25) is 0 Å². The molecule has 0 aliphatic rings. The lowest BCUT2D eigenvalue weighted by Gasteiger charge is -2.29. The van der Waals surface area contributed by atoms with Crippen molar-refractivity contribution in [2.24, 2.45) is 0 Å². The highest BCUT2D eigenvalue weighted by Crippen LogP contribution is 2.16. The van der Waals surface area contributed by atoms with Crippen molar-refractivity contribution in [1.29, 1.82) is 0 Å². The molecule has 3 nitrogen and oxygen atoms in total. The van der Waals surface area contributed by atoms with E-state index in [2.05, 4.69) is 42.8 Å². The Hall–Kier alpha value is -0.550. The van der Waals surface area contributed by atoms with Crippen LogP contribution < -0.4 is 5.32 Å². The van der Waals surface area contributed by atoms with Crippen molar-refractivity contribution in [2.45, 2.75) is 30.3 Å². The van der Waals surface area contributed by atoms with Gasteiger partial charge in [0, 0.05) is 30.7 Å². The van der Waals surface area contributed by atoms with Crippen LogP contribution in [0.4, 0.5) is 0 Å². The molecule has 1 atom stereocenters. The van der Waals surface area contributed by atoms with Crippen molar-refractivity contribution in [1.82, 2.24) is 5.32 Å². The van der Waals surface area contributed by atoms with E-state index < -0.39 is 0 Å². The summed E-state index contributed by atoms with van der Waals surface area (Å²) in [6.45, 7) is 3.62. The van der Waals surface area contributed by atoms with Gasteiger partial charge < -0.3 is 15.2 Å². The molecule has 0 spiro atoms. The largest absolute Gasteiger partial charge is 0.396 e. The van der Waals surface area contributed by atoms with E-state index in [1.54, 1.807) is 18.9 Å². The summed E-state index contributed by atoms with van der Waals surface area (Å²) in [5, 5.41) is 12.6. The summed E-state index contributed by atoms with van der Waals surface area (Å²) in [5.74, 6) is 0. The molecule has 0 aliphatic carbocycles. The van der Waals surface area contributed by atoms with Gasteiger partial charge in [0.1, 0.15) is 0 Å². The number of rotatable bonds is 8. The minimum atomic E-state index is -0.179. The highest BCUT2D eigenvalue weighted by molar-refractivity contribution is 7.98. The average molecular weight is 269 g/mol. The van der Waals surface area contributed by atoms with Crippen LogP contribution in [0.5, 0.6) is 0 Å². The first-order valence-electron chi connectivity index (χ1n) is 6.11. The van der Waals surface area contributed by atoms with Crippen LogP contribution in [0.3, 0.4) is 0 Å². The number of methoxy groups -OCH3 is 1. The van der Waals surface area contributed by atoms with Gasteiger partial charge in [-0.25, -0.2) is 0 Å². The van der Waals surface area contributed by atoms with Gasteiger partial charge in [0.25, 0.3) is 0 Å². The van der Waals surface area contributed by atoms with Crippen LogP contribution in [-0.4, -0.2) is 37.2 Å².